The van der Waals surface area contributed by atoms with E-state index < -0.39 is 0 Å². The molecular weight excluding hydrogens is 232 g/mol. The summed E-state index contributed by atoms with van der Waals surface area (Å²) in [5.74, 6) is 2.15. The van der Waals surface area contributed by atoms with Gasteiger partial charge in [0.25, 0.3) is 0 Å². The molecule has 0 fully saturated rings. The Morgan fingerprint density at radius 3 is 2.56 bits per heavy atom. The van der Waals surface area contributed by atoms with Gasteiger partial charge in [-0.2, -0.15) is 5.10 Å². The van der Waals surface area contributed by atoms with E-state index in [1.807, 2.05) is 31.4 Å². The van der Waals surface area contributed by atoms with E-state index in [1.165, 1.54) is 0 Å². The number of methoxy groups -OCH3 is 2. The highest BCUT2D eigenvalue weighted by Gasteiger charge is 2.05. The monoisotopic (exact) mass is 248 g/mol. The summed E-state index contributed by atoms with van der Waals surface area (Å²) in [5, 5.41) is 4.04. The zero-order chi connectivity index (χ0) is 13.0. The van der Waals surface area contributed by atoms with Gasteiger partial charge in [0.2, 0.25) is 0 Å². The van der Waals surface area contributed by atoms with Gasteiger partial charge in [0.15, 0.2) is 17.2 Å². The predicted octanol–water partition coefficient (Wildman–Crippen LogP) is 2.02. The molecule has 0 aliphatic rings. The molecule has 1 heterocycles. The Balaban J connectivity index is 2.05. The summed E-state index contributed by atoms with van der Waals surface area (Å²) in [6.45, 7) is 0.464. The van der Waals surface area contributed by atoms with Crippen LogP contribution in [0, 0.1) is 0 Å². The lowest BCUT2D eigenvalue weighted by molar-refractivity contribution is 0.303. The molecule has 2 aromatic rings. The predicted molar refractivity (Wildman–Crippen MR) is 67.1 cm³/mol. The highest BCUT2D eigenvalue weighted by atomic mass is 16.5. The van der Waals surface area contributed by atoms with Crippen LogP contribution in [0.1, 0.15) is 5.56 Å². The molecule has 2 rings (SSSR count). The third kappa shape index (κ3) is 2.74. The van der Waals surface area contributed by atoms with Gasteiger partial charge >= 0.3 is 0 Å². The first-order valence-electron chi connectivity index (χ1n) is 5.55. The smallest absolute Gasteiger partial charge is 0.161 e. The molecule has 5 nitrogen and oxygen atoms in total. The van der Waals surface area contributed by atoms with Crippen molar-refractivity contribution >= 4 is 0 Å². The average Bonchev–Trinajstić information content (AvgIpc) is 2.81. The summed E-state index contributed by atoms with van der Waals surface area (Å²) in [6.07, 6.45) is 3.50. The van der Waals surface area contributed by atoms with Crippen molar-refractivity contribution in [2.75, 3.05) is 14.2 Å². The summed E-state index contributed by atoms with van der Waals surface area (Å²) < 4.78 is 17.7. The summed E-state index contributed by atoms with van der Waals surface area (Å²) in [6, 6.07) is 5.70. The van der Waals surface area contributed by atoms with Gasteiger partial charge in [-0.15, -0.1) is 0 Å². The van der Waals surface area contributed by atoms with Crippen molar-refractivity contribution in [3.63, 3.8) is 0 Å². The van der Waals surface area contributed by atoms with E-state index in [4.69, 9.17) is 14.2 Å². The van der Waals surface area contributed by atoms with Crippen LogP contribution in [0.25, 0.3) is 0 Å². The third-order valence-electron chi connectivity index (χ3n) is 2.53. The molecule has 0 aliphatic heterocycles. The fourth-order valence-electron chi connectivity index (χ4n) is 1.61. The van der Waals surface area contributed by atoms with Gasteiger partial charge in [-0.1, -0.05) is 6.07 Å². The molecule has 0 unspecified atom stereocenters. The van der Waals surface area contributed by atoms with E-state index in [-0.39, 0.29) is 0 Å². The van der Waals surface area contributed by atoms with Crippen LogP contribution in [-0.4, -0.2) is 24.0 Å². The molecule has 0 bridgehead atoms. The number of benzene rings is 1. The second kappa shape index (κ2) is 5.44. The van der Waals surface area contributed by atoms with E-state index in [1.54, 1.807) is 25.1 Å². The van der Waals surface area contributed by atoms with Gasteiger partial charge in [-0.3, -0.25) is 4.68 Å². The maximum Gasteiger partial charge on any atom is 0.161 e. The van der Waals surface area contributed by atoms with Crippen molar-refractivity contribution in [1.29, 1.82) is 0 Å². The number of hydrogen-bond donors (Lipinski definition) is 0. The van der Waals surface area contributed by atoms with E-state index in [2.05, 4.69) is 5.10 Å². The third-order valence-corrected chi connectivity index (χ3v) is 2.53. The van der Waals surface area contributed by atoms with Crippen LogP contribution in [0.5, 0.6) is 17.2 Å². The zero-order valence-corrected chi connectivity index (χ0v) is 10.7. The lowest BCUT2D eigenvalue weighted by atomic mass is 10.2. The van der Waals surface area contributed by atoms with Gasteiger partial charge in [-0.25, -0.2) is 0 Å². The average molecular weight is 248 g/mol. The Hall–Kier alpha value is -2.17. The quantitative estimate of drug-likeness (QED) is 0.812. The summed E-state index contributed by atoms with van der Waals surface area (Å²) in [5.41, 5.74) is 1.01. The van der Waals surface area contributed by atoms with E-state index in [0.29, 0.717) is 18.1 Å². The molecule has 18 heavy (non-hydrogen) atoms. The summed E-state index contributed by atoms with van der Waals surface area (Å²) in [4.78, 5) is 0. The van der Waals surface area contributed by atoms with E-state index in [0.717, 1.165) is 11.3 Å². The van der Waals surface area contributed by atoms with Crippen molar-refractivity contribution < 1.29 is 14.2 Å². The topological polar surface area (TPSA) is 45.5 Å². The molecule has 0 N–H and O–H groups in total. The molecule has 0 saturated carbocycles. The maximum atomic E-state index is 5.61. The SMILES string of the molecule is COc1ccc(COc2cnn(C)c2)cc1OC. The molecule has 5 heteroatoms. The van der Waals surface area contributed by atoms with Gasteiger partial charge in [0.1, 0.15) is 6.61 Å². The van der Waals surface area contributed by atoms with Crippen molar-refractivity contribution in [2.24, 2.45) is 7.05 Å². The first-order valence-corrected chi connectivity index (χ1v) is 5.55. The molecule has 0 atom stereocenters. The number of hydrogen-bond acceptors (Lipinski definition) is 4. The van der Waals surface area contributed by atoms with Gasteiger partial charge < -0.3 is 14.2 Å². The second-order valence-electron chi connectivity index (χ2n) is 3.83. The van der Waals surface area contributed by atoms with Crippen LogP contribution in [0.2, 0.25) is 0 Å². The minimum absolute atomic E-state index is 0.464. The Labute approximate surface area is 106 Å². The zero-order valence-electron chi connectivity index (χ0n) is 10.7. The fourth-order valence-corrected chi connectivity index (χ4v) is 1.61. The molecule has 96 valence electrons. The van der Waals surface area contributed by atoms with Crippen LogP contribution < -0.4 is 14.2 Å². The Morgan fingerprint density at radius 1 is 1.17 bits per heavy atom. The Kier molecular flexibility index (Phi) is 3.72. The Morgan fingerprint density at radius 2 is 1.94 bits per heavy atom. The minimum Gasteiger partial charge on any atom is -0.493 e. The van der Waals surface area contributed by atoms with E-state index >= 15 is 0 Å². The standard InChI is InChI=1S/C13H16N2O3/c1-15-8-11(7-14-15)18-9-10-4-5-12(16-2)13(6-10)17-3/h4-8H,9H2,1-3H3. The molecule has 0 spiro atoms. The number of aromatic nitrogens is 2. The number of rotatable bonds is 5. The molecule has 0 aliphatic carbocycles. The van der Waals surface area contributed by atoms with Crippen molar-refractivity contribution in [3.8, 4) is 17.2 Å². The number of aryl methyl sites for hydroxylation is 1. The lowest BCUT2D eigenvalue weighted by Crippen LogP contribution is -1.97. The molecule has 0 amide bonds. The normalized spacial score (nSPS) is 10.2. The van der Waals surface area contributed by atoms with Crippen LogP contribution in [0.4, 0.5) is 0 Å². The summed E-state index contributed by atoms with van der Waals surface area (Å²) in [7, 11) is 5.08. The van der Waals surface area contributed by atoms with Crippen LogP contribution in [0.3, 0.4) is 0 Å². The van der Waals surface area contributed by atoms with Crippen molar-refractivity contribution in [1.82, 2.24) is 9.78 Å². The van der Waals surface area contributed by atoms with Crippen LogP contribution in [0.15, 0.2) is 30.6 Å². The van der Waals surface area contributed by atoms with Gasteiger partial charge in [0.05, 0.1) is 26.6 Å². The number of ether oxygens (including phenoxy) is 3. The largest absolute Gasteiger partial charge is 0.493 e. The second-order valence-corrected chi connectivity index (χ2v) is 3.83. The molecule has 0 radical (unpaired) electrons. The maximum absolute atomic E-state index is 5.61. The van der Waals surface area contributed by atoms with Crippen molar-refractivity contribution in [2.45, 2.75) is 6.61 Å². The minimum atomic E-state index is 0.464. The lowest BCUT2D eigenvalue weighted by Gasteiger charge is -2.09. The molecular formula is C13H16N2O3. The van der Waals surface area contributed by atoms with Gasteiger partial charge in [0, 0.05) is 7.05 Å². The highest BCUT2D eigenvalue weighted by molar-refractivity contribution is 5.42. The highest BCUT2D eigenvalue weighted by Crippen LogP contribution is 2.27. The molecule has 1 aromatic heterocycles. The first-order chi connectivity index (χ1) is 8.72. The molecule has 1 aromatic carbocycles. The van der Waals surface area contributed by atoms with Crippen LogP contribution in [-0.2, 0) is 13.7 Å². The first kappa shape index (κ1) is 12.3. The Bertz CT molecular complexity index is 523. The number of nitrogens with zero attached hydrogens (tertiary/aromatic N) is 2. The van der Waals surface area contributed by atoms with E-state index in [9.17, 15) is 0 Å². The van der Waals surface area contributed by atoms with Crippen molar-refractivity contribution in [3.05, 3.63) is 36.2 Å². The summed E-state index contributed by atoms with van der Waals surface area (Å²) >= 11 is 0. The molecule has 0 saturated heterocycles. The fraction of sp³-hybridized carbons (Fsp3) is 0.308. The van der Waals surface area contributed by atoms with Crippen LogP contribution >= 0.6 is 0 Å². The van der Waals surface area contributed by atoms with Gasteiger partial charge in [-0.05, 0) is 17.7 Å².